The average molecular weight is 188 g/mol. The molecule has 0 bridgehead atoms. The summed E-state index contributed by atoms with van der Waals surface area (Å²) < 4.78 is 0. The minimum absolute atomic E-state index is 0.189. The highest BCUT2D eigenvalue weighted by atomic mass is 14.9. The van der Waals surface area contributed by atoms with Crippen LogP contribution in [0.5, 0.6) is 0 Å². The molecule has 2 atom stereocenters. The van der Waals surface area contributed by atoms with Crippen LogP contribution in [0.4, 0.5) is 0 Å². The highest BCUT2D eigenvalue weighted by Crippen LogP contribution is 2.12. The molecule has 0 aliphatic rings. The first-order valence-electron chi connectivity index (χ1n) is 4.98. The van der Waals surface area contributed by atoms with Crippen molar-refractivity contribution in [3.8, 4) is 6.07 Å². The molecule has 0 amide bonds. The van der Waals surface area contributed by atoms with Gasteiger partial charge in [-0.1, -0.05) is 37.3 Å². The predicted octanol–water partition coefficient (Wildman–Crippen LogP) is 2.64. The summed E-state index contributed by atoms with van der Waals surface area (Å²) in [6, 6.07) is 12.3. The standard InChI is InChI=1S/C12H16N2/c1-3-10(2)14-12(9-13)11-7-5-4-6-8-11/h4-8,10,12,14H,3H2,1-2H3. The normalized spacial score (nSPS) is 14.4. The van der Waals surface area contributed by atoms with Crippen LogP contribution in [0, 0.1) is 11.3 Å². The molecular formula is C12H16N2. The van der Waals surface area contributed by atoms with Gasteiger partial charge in [-0.15, -0.1) is 0 Å². The summed E-state index contributed by atoms with van der Waals surface area (Å²) in [5, 5.41) is 12.3. The molecule has 74 valence electrons. The van der Waals surface area contributed by atoms with Crippen molar-refractivity contribution in [3.05, 3.63) is 35.9 Å². The molecule has 14 heavy (non-hydrogen) atoms. The molecule has 2 heteroatoms. The van der Waals surface area contributed by atoms with E-state index in [1.54, 1.807) is 0 Å². The molecule has 1 rings (SSSR count). The number of hydrogen-bond donors (Lipinski definition) is 1. The fourth-order valence-corrected chi connectivity index (χ4v) is 1.26. The zero-order valence-corrected chi connectivity index (χ0v) is 8.70. The predicted molar refractivity (Wildman–Crippen MR) is 57.7 cm³/mol. The maximum atomic E-state index is 9.01. The van der Waals surface area contributed by atoms with Gasteiger partial charge >= 0.3 is 0 Å². The van der Waals surface area contributed by atoms with Crippen molar-refractivity contribution in [1.29, 1.82) is 5.26 Å². The SMILES string of the molecule is CCC(C)NC(C#N)c1ccccc1. The first-order chi connectivity index (χ1) is 6.77. The molecule has 0 aliphatic carbocycles. The highest BCUT2D eigenvalue weighted by Gasteiger charge is 2.11. The molecule has 0 heterocycles. The highest BCUT2D eigenvalue weighted by molar-refractivity contribution is 5.23. The number of nitrogens with one attached hydrogen (secondary N) is 1. The molecule has 1 aromatic rings. The monoisotopic (exact) mass is 188 g/mol. The third-order valence-electron chi connectivity index (χ3n) is 2.33. The molecule has 2 nitrogen and oxygen atoms in total. The molecule has 0 saturated carbocycles. The third kappa shape index (κ3) is 2.86. The summed E-state index contributed by atoms with van der Waals surface area (Å²) in [6.07, 6.45) is 1.03. The van der Waals surface area contributed by atoms with Crippen LogP contribution in [0.15, 0.2) is 30.3 Å². The summed E-state index contributed by atoms with van der Waals surface area (Å²) in [4.78, 5) is 0. The van der Waals surface area contributed by atoms with Crippen molar-refractivity contribution in [2.45, 2.75) is 32.4 Å². The molecular weight excluding hydrogens is 172 g/mol. The molecule has 0 fully saturated rings. The maximum Gasteiger partial charge on any atom is 0.121 e. The van der Waals surface area contributed by atoms with Gasteiger partial charge in [0.2, 0.25) is 0 Å². The van der Waals surface area contributed by atoms with Crippen LogP contribution in [0.1, 0.15) is 31.9 Å². The van der Waals surface area contributed by atoms with Crippen LogP contribution in [0.2, 0.25) is 0 Å². The Morgan fingerprint density at radius 1 is 1.36 bits per heavy atom. The Hall–Kier alpha value is -1.33. The molecule has 0 spiro atoms. The summed E-state index contributed by atoms with van der Waals surface area (Å²) in [6.45, 7) is 4.20. The summed E-state index contributed by atoms with van der Waals surface area (Å²) in [7, 11) is 0. The molecule has 0 aliphatic heterocycles. The van der Waals surface area contributed by atoms with Crippen molar-refractivity contribution in [1.82, 2.24) is 5.32 Å². The lowest BCUT2D eigenvalue weighted by atomic mass is 10.1. The number of nitriles is 1. The molecule has 0 radical (unpaired) electrons. The van der Waals surface area contributed by atoms with E-state index < -0.39 is 0 Å². The first-order valence-corrected chi connectivity index (χ1v) is 4.98. The second kappa shape index (κ2) is 5.41. The minimum atomic E-state index is -0.189. The van der Waals surface area contributed by atoms with E-state index in [0.717, 1.165) is 12.0 Å². The van der Waals surface area contributed by atoms with E-state index in [-0.39, 0.29) is 6.04 Å². The van der Waals surface area contributed by atoms with Gasteiger partial charge in [0.25, 0.3) is 0 Å². The quantitative estimate of drug-likeness (QED) is 0.788. The van der Waals surface area contributed by atoms with E-state index in [9.17, 15) is 0 Å². The maximum absolute atomic E-state index is 9.01. The first kappa shape index (κ1) is 10.7. The average Bonchev–Trinajstić information content (AvgIpc) is 2.26. The summed E-state index contributed by atoms with van der Waals surface area (Å²) >= 11 is 0. The van der Waals surface area contributed by atoms with Gasteiger partial charge in [-0.05, 0) is 18.9 Å². The third-order valence-corrected chi connectivity index (χ3v) is 2.33. The van der Waals surface area contributed by atoms with Crippen LogP contribution >= 0.6 is 0 Å². The van der Waals surface area contributed by atoms with Crippen LogP contribution in [0.25, 0.3) is 0 Å². The Morgan fingerprint density at radius 2 is 2.00 bits per heavy atom. The van der Waals surface area contributed by atoms with Crippen molar-refractivity contribution >= 4 is 0 Å². The van der Waals surface area contributed by atoms with Crippen LogP contribution in [-0.4, -0.2) is 6.04 Å². The number of hydrogen-bond acceptors (Lipinski definition) is 2. The molecule has 2 unspecified atom stereocenters. The Morgan fingerprint density at radius 3 is 2.50 bits per heavy atom. The van der Waals surface area contributed by atoms with Gasteiger partial charge in [0.15, 0.2) is 0 Å². The molecule has 1 aromatic carbocycles. The van der Waals surface area contributed by atoms with Crippen molar-refractivity contribution < 1.29 is 0 Å². The zero-order chi connectivity index (χ0) is 10.4. The Labute approximate surface area is 85.6 Å². The van der Waals surface area contributed by atoms with Gasteiger partial charge in [0.05, 0.1) is 6.07 Å². The smallest absolute Gasteiger partial charge is 0.121 e. The lowest BCUT2D eigenvalue weighted by molar-refractivity contribution is 0.501. The van der Waals surface area contributed by atoms with Gasteiger partial charge < -0.3 is 0 Å². The number of rotatable bonds is 4. The second-order valence-electron chi connectivity index (χ2n) is 3.45. The lowest BCUT2D eigenvalue weighted by Crippen LogP contribution is -2.29. The van der Waals surface area contributed by atoms with Crippen molar-refractivity contribution in [2.75, 3.05) is 0 Å². The van der Waals surface area contributed by atoms with E-state index in [4.69, 9.17) is 5.26 Å². The topological polar surface area (TPSA) is 35.8 Å². The molecule has 0 aromatic heterocycles. The van der Waals surface area contributed by atoms with Gasteiger partial charge in [-0.2, -0.15) is 5.26 Å². The second-order valence-corrected chi connectivity index (χ2v) is 3.45. The van der Waals surface area contributed by atoms with Crippen LogP contribution in [-0.2, 0) is 0 Å². The summed E-state index contributed by atoms with van der Waals surface area (Å²) in [5.74, 6) is 0. The van der Waals surface area contributed by atoms with Gasteiger partial charge in [0, 0.05) is 6.04 Å². The number of nitrogens with zero attached hydrogens (tertiary/aromatic N) is 1. The fourth-order valence-electron chi connectivity index (χ4n) is 1.26. The van der Waals surface area contributed by atoms with E-state index in [1.165, 1.54) is 0 Å². The van der Waals surface area contributed by atoms with E-state index >= 15 is 0 Å². The minimum Gasteiger partial charge on any atom is -0.296 e. The molecule has 0 saturated heterocycles. The Balaban J connectivity index is 2.69. The van der Waals surface area contributed by atoms with Crippen LogP contribution in [0.3, 0.4) is 0 Å². The van der Waals surface area contributed by atoms with E-state index in [2.05, 4.69) is 25.2 Å². The Bertz CT molecular complexity index is 300. The Kier molecular flexibility index (Phi) is 4.15. The number of benzene rings is 1. The molecule has 1 N–H and O–H groups in total. The largest absolute Gasteiger partial charge is 0.296 e. The van der Waals surface area contributed by atoms with Crippen LogP contribution < -0.4 is 5.32 Å². The van der Waals surface area contributed by atoms with E-state index in [0.29, 0.717) is 6.04 Å². The fraction of sp³-hybridized carbons (Fsp3) is 0.417. The van der Waals surface area contributed by atoms with Crippen molar-refractivity contribution in [2.24, 2.45) is 0 Å². The van der Waals surface area contributed by atoms with Gasteiger partial charge in [0.1, 0.15) is 6.04 Å². The lowest BCUT2D eigenvalue weighted by Gasteiger charge is -2.16. The summed E-state index contributed by atoms with van der Waals surface area (Å²) in [5.41, 5.74) is 1.04. The van der Waals surface area contributed by atoms with Gasteiger partial charge in [-0.25, -0.2) is 0 Å². The van der Waals surface area contributed by atoms with Gasteiger partial charge in [-0.3, -0.25) is 5.32 Å². The van der Waals surface area contributed by atoms with E-state index in [1.807, 2.05) is 30.3 Å². The van der Waals surface area contributed by atoms with Crippen molar-refractivity contribution in [3.63, 3.8) is 0 Å². The zero-order valence-electron chi connectivity index (χ0n) is 8.70.